The Bertz CT molecular complexity index is 439. The van der Waals surface area contributed by atoms with Gasteiger partial charge in [0.05, 0.1) is 11.4 Å². The van der Waals surface area contributed by atoms with Crippen molar-refractivity contribution in [3.8, 4) is 0 Å². The number of hydrogen-bond acceptors (Lipinski definition) is 3. The number of carbonyl (C=O) groups excluding carboxylic acids is 1. The Morgan fingerprint density at radius 1 is 1.37 bits per heavy atom. The number of hydrogen-bond donors (Lipinski definition) is 2. The smallest absolute Gasteiger partial charge is 0.224 e. The third-order valence-electron chi connectivity index (χ3n) is 3.89. The number of amides is 1. The molecule has 0 saturated heterocycles. The van der Waals surface area contributed by atoms with Crippen molar-refractivity contribution >= 4 is 17.4 Å². The van der Waals surface area contributed by atoms with Crippen LogP contribution in [0.5, 0.6) is 0 Å². The summed E-state index contributed by atoms with van der Waals surface area (Å²) in [6.45, 7) is 1.85. The average Bonchev–Trinajstić information content (AvgIpc) is 2.41. The Morgan fingerprint density at radius 3 is 2.79 bits per heavy atom. The summed E-state index contributed by atoms with van der Waals surface area (Å²) in [5, 5.41) is 2.92. The van der Waals surface area contributed by atoms with Gasteiger partial charge in [0.15, 0.2) is 0 Å². The van der Waals surface area contributed by atoms with E-state index in [1.54, 1.807) is 6.07 Å². The van der Waals surface area contributed by atoms with E-state index >= 15 is 0 Å². The van der Waals surface area contributed by atoms with E-state index in [2.05, 4.69) is 10.3 Å². The summed E-state index contributed by atoms with van der Waals surface area (Å²) in [4.78, 5) is 16.1. The van der Waals surface area contributed by atoms with Crippen LogP contribution in [0.25, 0.3) is 0 Å². The predicted molar refractivity (Wildman–Crippen MR) is 77.8 cm³/mol. The maximum absolute atomic E-state index is 11.9. The Balaban J connectivity index is 1.80. The summed E-state index contributed by atoms with van der Waals surface area (Å²) in [7, 11) is 0. The molecule has 4 heteroatoms. The number of carbonyl (C=O) groups is 1. The van der Waals surface area contributed by atoms with Crippen molar-refractivity contribution in [1.29, 1.82) is 0 Å². The normalized spacial score (nSPS) is 16.3. The van der Waals surface area contributed by atoms with Crippen LogP contribution in [0.4, 0.5) is 11.5 Å². The lowest BCUT2D eigenvalue weighted by Crippen LogP contribution is -2.15. The number of nitrogens with one attached hydrogen (secondary N) is 1. The molecule has 1 saturated carbocycles. The van der Waals surface area contributed by atoms with E-state index in [1.807, 2.05) is 13.0 Å². The first kappa shape index (κ1) is 13.8. The largest absolute Gasteiger partial charge is 0.384 e. The van der Waals surface area contributed by atoms with Crippen LogP contribution in [0.3, 0.4) is 0 Å². The molecule has 1 aromatic heterocycles. The number of nitrogens with zero attached hydrogens (tertiary/aromatic N) is 1. The first-order valence-corrected chi connectivity index (χ1v) is 7.18. The zero-order valence-corrected chi connectivity index (χ0v) is 11.6. The summed E-state index contributed by atoms with van der Waals surface area (Å²) >= 11 is 0. The highest BCUT2D eigenvalue weighted by molar-refractivity contribution is 5.91. The van der Waals surface area contributed by atoms with Crippen molar-refractivity contribution in [3.05, 3.63) is 17.8 Å². The minimum atomic E-state index is 0.0836. The van der Waals surface area contributed by atoms with Gasteiger partial charge >= 0.3 is 0 Å². The van der Waals surface area contributed by atoms with Gasteiger partial charge in [-0.25, -0.2) is 4.98 Å². The van der Waals surface area contributed by atoms with Gasteiger partial charge in [0.1, 0.15) is 5.82 Å². The van der Waals surface area contributed by atoms with Crippen LogP contribution in [0.15, 0.2) is 12.1 Å². The molecule has 0 bridgehead atoms. The SMILES string of the molecule is Cc1nc(N)ccc1NC(=O)CCC1CCCCC1. The van der Waals surface area contributed by atoms with Gasteiger partial charge in [0.2, 0.25) is 5.91 Å². The van der Waals surface area contributed by atoms with Crippen LogP contribution in [0, 0.1) is 12.8 Å². The molecular formula is C15H23N3O. The third kappa shape index (κ3) is 4.23. The van der Waals surface area contributed by atoms with Crippen molar-refractivity contribution in [2.75, 3.05) is 11.1 Å². The predicted octanol–water partition coefficient (Wildman–Crippen LogP) is 3.27. The molecule has 0 aromatic carbocycles. The molecule has 1 aliphatic carbocycles. The second-order valence-corrected chi connectivity index (χ2v) is 5.46. The van der Waals surface area contributed by atoms with Gasteiger partial charge in [-0.2, -0.15) is 0 Å². The monoisotopic (exact) mass is 261 g/mol. The van der Waals surface area contributed by atoms with Crippen molar-refractivity contribution in [2.45, 2.75) is 51.9 Å². The molecule has 104 valence electrons. The van der Waals surface area contributed by atoms with Gasteiger partial charge < -0.3 is 11.1 Å². The number of aryl methyl sites for hydroxylation is 1. The summed E-state index contributed by atoms with van der Waals surface area (Å²) in [5.74, 6) is 1.31. The number of rotatable bonds is 4. The standard InChI is InChI=1S/C15H23N3O/c1-11-13(8-9-14(16)17-11)18-15(19)10-7-12-5-3-2-4-6-12/h8-9,12H,2-7,10H2,1H3,(H2,16,17)(H,18,19). The molecular weight excluding hydrogens is 238 g/mol. The molecule has 1 aliphatic rings. The molecule has 1 aromatic rings. The van der Waals surface area contributed by atoms with E-state index in [0.717, 1.165) is 23.7 Å². The number of aromatic nitrogens is 1. The minimum absolute atomic E-state index is 0.0836. The van der Waals surface area contributed by atoms with Gasteiger partial charge in [-0.15, -0.1) is 0 Å². The zero-order chi connectivity index (χ0) is 13.7. The Morgan fingerprint density at radius 2 is 2.11 bits per heavy atom. The fourth-order valence-corrected chi connectivity index (χ4v) is 2.74. The van der Waals surface area contributed by atoms with Gasteiger partial charge in [-0.1, -0.05) is 32.1 Å². The third-order valence-corrected chi connectivity index (χ3v) is 3.89. The molecule has 0 radical (unpaired) electrons. The van der Waals surface area contributed by atoms with E-state index in [1.165, 1.54) is 32.1 Å². The molecule has 3 N–H and O–H groups in total. The van der Waals surface area contributed by atoms with Crippen molar-refractivity contribution in [3.63, 3.8) is 0 Å². The van der Waals surface area contributed by atoms with Gasteiger partial charge in [-0.3, -0.25) is 4.79 Å². The highest BCUT2D eigenvalue weighted by Crippen LogP contribution is 2.27. The average molecular weight is 261 g/mol. The summed E-state index contributed by atoms with van der Waals surface area (Å²) in [6, 6.07) is 3.53. The summed E-state index contributed by atoms with van der Waals surface area (Å²) in [5.41, 5.74) is 7.13. The fraction of sp³-hybridized carbons (Fsp3) is 0.600. The molecule has 0 spiro atoms. The molecule has 0 aliphatic heterocycles. The molecule has 1 amide bonds. The second kappa shape index (κ2) is 6.55. The van der Waals surface area contributed by atoms with Crippen LogP contribution in [-0.4, -0.2) is 10.9 Å². The maximum atomic E-state index is 11.9. The highest BCUT2D eigenvalue weighted by atomic mass is 16.1. The number of anilines is 2. The summed E-state index contributed by atoms with van der Waals surface area (Å²) in [6.07, 6.45) is 8.20. The first-order valence-electron chi connectivity index (χ1n) is 7.18. The van der Waals surface area contributed by atoms with E-state index in [-0.39, 0.29) is 5.91 Å². The van der Waals surface area contributed by atoms with Crippen LogP contribution < -0.4 is 11.1 Å². The van der Waals surface area contributed by atoms with Gasteiger partial charge in [-0.05, 0) is 31.4 Å². The fourth-order valence-electron chi connectivity index (χ4n) is 2.74. The van der Waals surface area contributed by atoms with Crippen LogP contribution >= 0.6 is 0 Å². The molecule has 2 rings (SSSR count). The second-order valence-electron chi connectivity index (χ2n) is 5.46. The Hall–Kier alpha value is -1.58. The highest BCUT2D eigenvalue weighted by Gasteiger charge is 2.15. The zero-order valence-electron chi connectivity index (χ0n) is 11.6. The van der Waals surface area contributed by atoms with E-state index in [0.29, 0.717) is 12.2 Å². The van der Waals surface area contributed by atoms with Crippen molar-refractivity contribution in [2.24, 2.45) is 5.92 Å². The van der Waals surface area contributed by atoms with Crippen LogP contribution in [-0.2, 0) is 4.79 Å². The number of pyridine rings is 1. The van der Waals surface area contributed by atoms with Gasteiger partial charge in [0.25, 0.3) is 0 Å². The molecule has 1 fully saturated rings. The number of nitrogen functional groups attached to an aromatic ring is 1. The maximum Gasteiger partial charge on any atom is 0.224 e. The van der Waals surface area contributed by atoms with Crippen LogP contribution in [0.1, 0.15) is 50.6 Å². The number of nitrogens with two attached hydrogens (primary N) is 1. The topological polar surface area (TPSA) is 68.0 Å². The van der Waals surface area contributed by atoms with Gasteiger partial charge in [0, 0.05) is 6.42 Å². The van der Waals surface area contributed by atoms with E-state index < -0.39 is 0 Å². The summed E-state index contributed by atoms with van der Waals surface area (Å²) < 4.78 is 0. The van der Waals surface area contributed by atoms with Crippen molar-refractivity contribution < 1.29 is 4.79 Å². The minimum Gasteiger partial charge on any atom is -0.384 e. The Kier molecular flexibility index (Phi) is 4.77. The molecule has 4 nitrogen and oxygen atoms in total. The van der Waals surface area contributed by atoms with Crippen LogP contribution in [0.2, 0.25) is 0 Å². The lowest BCUT2D eigenvalue weighted by molar-refractivity contribution is -0.116. The van der Waals surface area contributed by atoms with Crippen molar-refractivity contribution in [1.82, 2.24) is 4.98 Å². The quantitative estimate of drug-likeness (QED) is 0.874. The van der Waals surface area contributed by atoms with E-state index in [4.69, 9.17) is 5.73 Å². The lowest BCUT2D eigenvalue weighted by Gasteiger charge is -2.21. The molecule has 19 heavy (non-hydrogen) atoms. The molecule has 0 atom stereocenters. The first-order chi connectivity index (χ1) is 9.15. The lowest BCUT2D eigenvalue weighted by atomic mass is 9.86. The molecule has 1 heterocycles. The van der Waals surface area contributed by atoms with E-state index in [9.17, 15) is 4.79 Å². The Labute approximate surface area is 114 Å². The molecule has 0 unspecified atom stereocenters.